The summed E-state index contributed by atoms with van der Waals surface area (Å²) < 4.78 is 11.1. The molecule has 1 atom stereocenters. The molecule has 2 aromatic carbocycles. The maximum absolute atomic E-state index is 12.8. The van der Waals surface area contributed by atoms with Crippen LogP contribution in [-0.4, -0.2) is 43.1 Å². The van der Waals surface area contributed by atoms with E-state index in [9.17, 15) is 9.59 Å². The van der Waals surface area contributed by atoms with E-state index in [2.05, 4.69) is 5.32 Å². The standard InChI is InChI=1S/C22H24Cl2N2O4/c1-3-19-22(28)26(9-4-10-29-2)13-15-11-16(6-8-20(15)30-19)25-21(27)14-5-7-17(23)18(24)12-14/h5-8,11-12,19H,3-4,9-10,13H2,1-2H3,(H,25,27). The van der Waals surface area contributed by atoms with Gasteiger partial charge < -0.3 is 19.7 Å². The Kier molecular flexibility index (Phi) is 7.58. The molecule has 1 unspecified atom stereocenters. The second kappa shape index (κ2) is 10.2. The number of nitrogens with one attached hydrogen (secondary N) is 1. The van der Waals surface area contributed by atoms with Crippen LogP contribution in [0.15, 0.2) is 36.4 Å². The molecule has 0 saturated carbocycles. The highest BCUT2D eigenvalue weighted by atomic mass is 35.5. The van der Waals surface area contributed by atoms with Crippen molar-refractivity contribution in [3.05, 3.63) is 57.6 Å². The van der Waals surface area contributed by atoms with Gasteiger partial charge in [-0.1, -0.05) is 30.1 Å². The van der Waals surface area contributed by atoms with Crippen molar-refractivity contribution in [3.8, 4) is 5.75 Å². The van der Waals surface area contributed by atoms with Crippen molar-refractivity contribution in [2.24, 2.45) is 0 Å². The van der Waals surface area contributed by atoms with Crippen molar-refractivity contribution in [3.63, 3.8) is 0 Å². The second-order valence-corrected chi connectivity index (χ2v) is 7.84. The lowest BCUT2D eigenvalue weighted by molar-refractivity contribution is -0.138. The number of amides is 2. The Morgan fingerprint density at radius 2 is 2.03 bits per heavy atom. The highest BCUT2D eigenvalue weighted by Gasteiger charge is 2.29. The number of carbonyl (C=O) groups is 2. The number of ether oxygens (including phenoxy) is 2. The molecule has 6 nitrogen and oxygen atoms in total. The summed E-state index contributed by atoms with van der Waals surface area (Å²) in [6.45, 7) is 3.48. The van der Waals surface area contributed by atoms with Crippen LogP contribution in [-0.2, 0) is 16.1 Å². The third-order valence-corrected chi connectivity index (χ3v) is 5.60. The molecule has 0 aromatic heterocycles. The number of halogens is 2. The molecule has 1 N–H and O–H groups in total. The van der Waals surface area contributed by atoms with Gasteiger partial charge in [-0.25, -0.2) is 0 Å². The molecular formula is C22H24Cl2N2O4. The summed E-state index contributed by atoms with van der Waals surface area (Å²) in [5.41, 5.74) is 1.84. The number of fused-ring (bicyclic) bond motifs is 1. The maximum Gasteiger partial charge on any atom is 0.263 e. The van der Waals surface area contributed by atoms with E-state index in [0.29, 0.717) is 53.2 Å². The van der Waals surface area contributed by atoms with Crippen molar-refractivity contribution in [2.45, 2.75) is 32.4 Å². The van der Waals surface area contributed by atoms with Crippen LogP contribution in [0, 0.1) is 0 Å². The highest BCUT2D eigenvalue weighted by molar-refractivity contribution is 6.42. The van der Waals surface area contributed by atoms with Gasteiger partial charge in [-0.2, -0.15) is 0 Å². The summed E-state index contributed by atoms with van der Waals surface area (Å²) in [6.07, 6.45) is 0.793. The first-order valence-electron chi connectivity index (χ1n) is 9.76. The minimum Gasteiger partial charge on any atom is -0.480 e. The molecule has 2 aromatic rings. The monoisotopic (exact) mass is 450 g/mol. The van der Waals surface area contributed by atoms with Crippen LogP contribution in [0.2, 0.25) is 10.0 Å². The maximum atomic E-state index is 12.8. The zero-order valence-corrected chi connectivity index (χ0v) is 18.4. The first-order valence-corrected chi connectivity index (χ1v) is 10.5. The van der Waals surface area contributed by atoms with Crippen molar-refractivity contribution in [2.75, 3.05) is 25.6 Å². The van der Waals surface area contributed by atoms with Gasteiger partial charge in [0.25, 0.3) is 11.8 Å². The SMILES string of the molecule is CCC1Oc2ccc(NC(=O)c3ccc(Cl)c(Cl)c3)cc2CN(CCCOC)C1=O. The lowest BCUT2D eigenvalue weighted by atomic mass is 10.1. The van der Waals surface area contributed by atoms with Gasteiger partial charge in [0.1, 0.15) is 5.75 Å². The van der Waals surface area contributed by atoms with Crippen molar-refractivity contribution in [1.82, 2.24) is 4.90 Å². The van der Waals surface area contributed by atoms with Crippen LogP contribution >= 0.6 is 23.2 Å². The van der Waals surface area contributed by atoms with Crippen LogP contribution in [0.25, 0.3) is 0 Å². The van der Waals surface area contributed by atoms with Gasteiger partial charge in [-0.3, -0.25) is 9.59 Å². The Bertz CT molecular complexity index is 935. The van der Waals surface area contributed by atoms with E-state index in [1.807, 2.05) is 13.0 Å². The molecule has 0 radical (unpaired) electrons. The lowest BCUT2D eigenvalue weighted by Crippen LogP contribution is -2.40. The van der Waals surface area contributed by atoms with Gasteiger partial charge in [-0.05, 0) is 49.2 Å². The molecule has 1 aliphatic rings. The quantitative estimate of drug-likeness (QED) is 0.616. The van der Waals surface area contributed by atoms with E-state index >= 15 is 0 Å². The molecule has 0 spiro atoms. The van der Waals surface area contributed by atoms with Crippen molar-refractivity contribution < 1.29 is 19.1 Å². The zero-order valence-electron chi connectivity index (χ0n) is 16.9. The fraction of sp³-hybridized carbons (Fsp3) is 0.364. The summed E-state index contributed by atoms with van der Waals surface area (Å²) in [5.74, 6) is 0.311. The largest absolute Gasteiger partial charge is 0.480 e. The second-order valence-electron chi connectivity index (χ2n) is 7.03. The summed E-state index contributed by atoms with van der Waals surface area (Å²) >= 11 is 11.9. The van der Waals surface area contributed by atoms with E-state index in [1.54, 1.807) is 36.3 Å². The van der Waals surface area contributed by atoms with Gasteiger partial charge in [0, 0.05) is 43.6 Å². The molecule has 1 heterocycles. The van der Waals surface area contributed by atoms with Crippen LogP contribution in [0.5, 0.6) is 5.75 Å². The molecule has 8 heteroatoms. The van der Waals surface area contributed by atoms with Crippen LogP contribution in [0.1, 0.15) is 35.7 Å². The van der Waals surface area contributed by atoms with E-state index < -0.39 is 6.10 Å². The summed E-state index contributed by atoms with van der Waals surface area (Å²) in [4.78, 5) is 27.2. The Hall–Kier alpha value is -2.28. The van der Waals surface area contributed by atoms with E-state index in [0.717, 1.165) is 12.0 Å². The van der Waals surface area contributed by atoms with Crippen LogP contribution in [0.3, 0.4) is 0 Å². The molecule has 3 rings (SSSR count). The minimum atomic E-state index is -0.523. The lowest BCUT2D eigenvalue weighted by Gasteiger charge is -2.23. The molecule has 0 fully saturated rings. The van der Waals surface area contributed by atoms with E-state index in [4.69, 9.17) is 32.7 Å². The predicted molar refractivity (Wildman–Crippen MR) is 117 cm³/mol. The first-order chi connectivity index (χ1) is 14.4. The fourth-order valence-corrected chi connectivity index (χ4v) is 3.57. The summed E-state index contributed by atoms with van der Waals surface area (Å²) in [6, 6.07) is 10.1. The van der Waals surface area contributed by atoms with Crippen LogP contribution < -0.4 is 10.1 Å². The molecule has 1 aliphatic heterocycles. The topological polar surface area (TPSA) is 67.9 Å². The molecule has 0 aliphatic carbocycles. The number of benzene rings is 2. The molecule has 160 valence electrons. The average Bonchev–Trinajstić information content (AvgIpc) is 2.86. The zero-order chi connectivity index (χ0) is 21.7. The van der Waals surface area contributed by atoms with Crippen molar-refractivity contribution >= 4 is 40.7 Å². The third kappa shape index (κ3) is 5.25. The summed E-state index contributed by atoms with van der Waals surface area (Å²) in [7, 11) is 1.64. The van der Waals surface area contributed by atoms with Gasteiger partial charge >= 0.3 is 0 Å². The van der Waals surface area contributed by atoms with Crippen molar-refractivity contribution in [1.29, 1.82) is 0 Å². The molecule has 30 heavy (non-hydrogen) atoms. The fourth-order valence-electron chi connectivity index (χ4n) is 3.27. The predicted octanol–water partition coefficient (Wildman–Crippen LogP) is 4.78. The van der Waals surface area contributed by atoms with E-state index in [-0.39, 0.29) is 11.8 Å². The number of methoxy groups -OCH3 is 1. The number of hydrogen-bond donors (Lipinski definition) is 1. The minimum absolute atomic E-state index is 0.0359. The normalized spacial score (nSPS) is 15.9. The number of nitrogens with zero attached hydrogens (tertiary/aromatic N) is 1. The molecule has 2 amide bonds. The Balaban J connectivity index is 1.80. The number of hydrogen-bond acceptors (Lipinski definition) is 4. The number of carbonyl (C=O) groups excluding carboxylic acids is 2. The highest BCUT2D eigenvalue weighted by Crippen LogP contribution is 2.30. The van der Waals surface area contributed by atoms with Gasteiger partial charge in [-0.15, -0.1) is 0 Å². The Labute approximate surface area is 186 Å². The smallest absolute Gasteiger partial charge is 0.263 e. The number of anilines is 1. The summed E-state index contributed by atoms with van der Waals surface area (Å²) in [5, 5.41) is 3.56. The molecular weight excluding hydrogens is 427 g/mol. The third-order valence-electron chi connectivity index (χ3n) is 4.86. The van der Waals surface area contributed by atoms with Gasteiger partial charge in [0.15, 0.2) is 6.10 Å². The average molecular weight is 451 g/mol. The molecule has 0 saturated heterocycles. The Morgan fingerprint density at radius 1 is 1.23 bits per heavy atom. The molecule has 0 bridgehead atoms. The van der Waals surface area contributed by atoms with Gasteiger partial charge in [0.2, 0.25) is 0 Å². The van der Waals surface area contributed by atoms with Crippen LogP contribution in [0.4, 0.5) is 5.69 Å². The first kappa shape index (κ1) is 22.4. The number of rotatable bonds is 7. The van der Waals surface area contributed by atoms with E-state index in [1.165, 1.54) is 6.07 Å². The van der Waals surface area contributed by atoms with Gasteiger partial charge in [0.05, 0.1) is 10.0 Å². The Morgan fingerprint density at radius 3 is 2.73 bits per heavy atom.